The molecule has 74 valence electrons. The van der Waals surface area contributed by atoms with Gasteiger partial charge in [-0.2, -0.15) is 5.26 Å². The monoisotopic (exact) mass is 188 g/mol. The Kier molecular flexibility index (Phi) is 3.67. The summed E-state index contributed by atoms with van der Waals surface area (Å²) in [6.45, 7) is 4.07. The Bertz CT molecular complexity index is 350. The molecule has 0 unspecified atom stereocenters. The quantitative estimate of drug-likeness (QED) is 0.792. The highest BCUT2D eigenvalue weighted by Crippen LogP contribution is 2.18. The fourth-order valence-corrected chi connectivity index (χ4v) is 1.52. The fourth-order valence-electron chi connectivity index (χ4n) is 1.52. The lowest BCUT2D eigenvalue weighted by Crippen LogP contribution is -2.09. The minimum absolute atomic E-state index is 0.103. The van der Waals surface area contributed by atoms with Crippen LogP contribution in [-0.4, -0.2) is 0 Å². The number of nitrogens with zero attached hydrogens (tertiary/aromatic N) is 1. The molecule has 0 aromatic heterocycles. The molecule has 1 aromatic carbocycles. The Balaban J connectivity index is 2.92. The molecule has 0 aliphatic carbocycles. The second-order valence-electron chi connectivity index (χ2n) is 3.58. The zero-order chi connectivity index (χ0) is 10.6. The van der Waals surface area contributed by atoms with Gasteiger partial charge in [0.25, 0.3) is 0 Å². The summed E-state index contributed by atoms with van der Waals surface area (Å²) in [6, 6.07) is 8.07. The molecule has 1 rings (SSSR count). The molecular formula is C12H16N2. The molecule has 0 aliphatic heterocycles. The first-order valence-electron chi connectivity index (χ1n) is 4.95. The maximum atomic E-state index is 8.77. The number of nitrogens with two attached hydrogens (primary N) is 1. The van der Waals surface area contributed by atoms with Gasteiger partial charge in [-0.25, -0.2) is 0 Å². The van der Waals surface area contributed by atoms with E-state index in [-0.39, 0.29) is 6.04 Å². The van der Waals surface area contributed by atoms with Crippen LogP contribution in [-0.2, 0) is 0 Å². The molecule has 0 heterocycles. The molecule has 2 N–H and O–H groups in total. The van der Waals surface area contributed by atoms with E-state index in [0.717, 1.165) is 29.5 Å². The molecule has 14 heavy (non-hydrogen) atoms. The van der Waals surface area contributed by atoms with Crippen molar-refractivity contribution in [2.24, 2.45) is 5.73 Å². The van der Waals surface area contributed by atoms with Crippen LogP contribution < -0.4 is 5.73 Å². The average molecular weight is 188 g/mol. The van der Waals surface area contributed by atoms with Gasteiger partial charge in [0, 0.05) is 6.04 Å². The third-order valence-corrected chi connectivity index (χ3v) is 2.40. The van der Waals surface area contributed by atoms with E-state index in [4.69, 9.17) is 11.0 Å². The number of nitriles is 1. The largest absolute Gasteiger partial charge is 0.324 e. The summed E-state index contributed by atoms with van der Waals surface area (Å²) >= 11 is 0. The minimum atomic E-state index is 0.103. The Hall–Kier alpha value is -1.33. The highest BCUT2D eigenvalue weighted by molar-refractivity contribution is 5.40. The normalized spacial score (nSPS) is 12.1. The van der Waals surface area contributed by atoms with Crippen molar-refractivity contribution in [3.63, 3.8) is 0 Å². The highest BCUT2D eigenvalue weighted by Gasteiger charge is 2.06. The molecule has 0 bridgehead atoms. The summed E-state index contributed by atoms with van der Waals surface area (Å²) in [7, 11) is 0. The molecule has 0 saturated carbocycles. The van der Waals surface area contributed by atoms with Gasteiger partial charge in [-0.05, 0) is 30.5 Å². The maximum absolute atomic E-state index is 8.77. The van der Waals surface area contributed by atoms with Gasteiger partial charge < -0.3 is 5.73 Å². The SMILES string of the molecule is CCC[C@@H](N)c1ccc(C#N)c(C)c1. The summed E-state index contributed by atoms with van der Waals surface area (Å²) in [6.07, 6.45) is 2.07. The Morgan fingerprint density at radius 1 is 1.50 bits per heavy atom. The van der Waals surface area contributed by atoms with Crippen molar-refractivity contribution in [3.05, 3.63) is 34.9 Å². The van der Waals surface area contributed by atoms with Crippen LogP contribution in [0.15, 0.2) is 18.2 Å². The first-order valence-corrected chi connectivity index (χ1v) is 4.95. The van der Waals surface area contributed by atoms with Crippen molar-refractivity contribution in [1.82, 2.24) is 0 Å². The van der Waals surface area contributed by atoms with Crippen molar-refractivity contribution in [3.8, 4) is 6.07 Å². The highest BCUT2D eigenvalue weighted by atomic mass is 14.6. The first-order chi connectivity index (χ1) is 6.69. The van der Waals surface area contributed by atoms with Gasteiger partial charge in [-0.3, -0.25) is 0 Å². The molecule has 0 amide bonds. The fraction of sp³-hybridized carbons (Fsp3) is 0.417. The van der Waals surface area contributed by atoms with E-state index in [1.54, 1.807) is 0 Å². The number of hydrogen-bond acceptors (Lipinski definition) is 2. The number of benzene rings is 1. The van der Waals surface area contributed by atoms with E-state index in [9.17, 15) is 0 Å². The molecule has 1 atom stereocenters. The Morgan fingerprint density at radius 2 is 2.21 bits per heavy atom. The maximum Gasteiger partial charge on any atom is 0.0994 e. The molecule has 0 radical (unpaired) electrons. The molecular weight excluding hydrogens is 172 g/mol. The molecule has 1 aromatic rings. The second-order valence-corrected chi connectivity index (χ2v) is 3.58. The molecule has 0 fully saturated rings. The van der Waals surface area contributed by atoms with Gasteiger partial charge in [0.1, 0.15) is 0 Å². The second kappa shape index (κ2) is 4.78. The van der Waals surface area contributed by atoms with Gasteiger partial charge in [0.2, 0.25) is 0 Å². The Labute approximate surface area is 85.4 Å². The summed E-state index contributed by atoms with van der Waals surface area (Å²) in [4.78, 5) is 0. The van der Waals surface area contributed by atoms with Crippen molar-refractivity contribution < 1.29 is 0 Å². The summed E-state index contributed by atoms with van der Waals surface area (Å²) in [5.41, 5.74) is 8.86. The lowest BCUT2D eigenvalue weighted by Gasteiger charge is -2.11. The third kappa shape index (κ3) is 2.34. The molecule has 0 spiro atoms. The van der Waals surface area contributed by atoms with Crippen LogP contribution in [0.25, 0.3) is 0 Å². The van der Waals surface area contributed by atoms with Gasteiger partial charge in [-0.15, -0.1) is 0 Å². The van der Waals surface area contributed by atoms with Crippen LogP contribution in [0.4, 0.5) is 0 Å². The topological polar surface area (TPSA) is 49.8 Å². The first kappa shape index (κ1) is 10.7. The van der Waals surface area contributed by atoms with Gasteiger partial charge >= 0.3 is 0 Å². The number of rotatable bonds is 3. The standard InChI is InChI=1S/C12H16N2/c1-3-4-12(14)10-5-6-11(8-13)9(2)7-10/h5-7,12H,3-4,14H2,1-2H3/t12-/m1/s1. The minimum Gasteiger partial charge on any atom is -0.324 e. The van der Waals surface area contributed by atoms with E-state index < -0.39 is 0 Å². The zero-order valence-corrected chi connectivity index (χ0v) is 8.75. The van der Waals surface area contributed by atoms with Crippen LogP contribution in [0.1, 0.15) is 42.5 Å². The predicted octanol–water partition coefficient (Wildman–Crippen LogP) is 2.67. The lowest BCUT2D eigenvalue weighted by molar-refractivity contribution is 0.638. The van der Waals surface area contributed by atoms with Crippen LogP contribution in [0.2, 0.25) is 0 Å². The summed E-state index contributed by atoms with van der Waals surface area (Å²) < 4.78 is 0. The van der Waals surface area contributed by atoms with E-state index in [2.05, 4.69) is 13.0 Å². The predicted molar refractivity (Wildman–Crippen MR) is 57.7 cm³/mol. The smallest absolute Gasteiger partial charge is 0.0994 e. The lowest BCUT2D eigenvalue weighted by atomic mass is 9.99. The van der Waals surface area contributed by atoms with Crippen molar-refractivity contribution in [2.75, 3.05) is 0 Å². The van der Waals surface area contributed by atoms with Crippen molar-refractivity contribution >= 4 is 0 Å². The van der Waals surface area contributed by atoms with Crippen LogP contribution in [0, 0.1) is 18.3 Å². The molecule has 2 nitrogen and oxygen atoms in total. The molecule has 0 aliphatic rings. The van der Waals surface area contributed by atoms with Crippen LogP contribution >= 0.6 is 0 Å². The van der Waals surface area contributed by atoms with Crippen molar-refractivity contribution in [1.29, 1.82) is 5.26 Å². The third-order valence-electron chi connectivity index (χ3n) is 2.40. The zero-order valence-electron chi connectivity index (χ0n) is 8.75. The number of aryl methyl sites for hydroxylation is 1. The van der Waals surface area contributed by atoms with Gasteiger partial charge in [-0.1, -0.05) is 25.5 Å². The van der Waals surface area contributed by atoms with Crippen molar-refractivity contribution in [2.45, 2.75) is 32.7 Å². The molecule has 0 saturated heterocycles. The van der Waals surface area contributed by atoms with Crippen LogP contribution in [0.5, 0.6) is 0 Å². The Morgan fingerprint density at radius 3 is 2.71 bits per heavy atom. The number of hydrogen-bond donors (Lipinski definition) is 1. The summed E-state index contributed by atoms with van der Waals surface area (Å²) in [5.74, 6) is 0. The van der Waals surface area contributed by atoms with E-state index in [1.165, 1.54) is 0 Å². The van der Waals surface area contributed by atoms with E-state index >= 15 is 0 Å². The van der Waals surface area contributed by atoms with E-state index in [1.807, 2.05) is 25.1 Å². The van der Waals surface area contributed by atoms with Gasteiger partial charge in [0.15, 0.2) is 0 Å². The average Bonchev–Trinajstić information content (AvgIpc) is 2.18. The van der Waals surface area contributed by atoms with Gasteiger partial charge in [0.05, 0.1) is 11.6 Å². The van der Waals surface area contributed by atoms with E-state index in [0.29, 0.717) is 0 Å². The van der Waals surface area contributed by atoms with Crippen LogP contribution in [0.3, 0.4) is 0 Å². The molecule has 2 heteroatoms. The summed E-state index contributed by atoms with van der Waals surface area (Å²) in [5, 5.41) is 8.77.